The van der Waals surface area contributed by atoms with Crippen molar-refractivity contribution in [1.82, 2.24) is 20.1 Å². The molecular formula is C20H21BrN4O. The first kappa shape index (κ1) is 18.3. The molecule has 2 heterocycles. The van der Waals surface area contributed by atoms with E-state index >= 15 is 0 Å². The summed E-state index contributed by atoms with van der Waals surface area (Å²) in [7, 11) is 1.78. The molecule has 1 amide bonds. The highest BCUT2D eigenvalue weighted by Gasteiger charge is 2.29. The molecule has 0 saturated heterocycles. The Balaban J connectivity index is 2.00. The molecule has 3 rings (SSSR count). The molecule has 0 bridgehead atoms. The summed E-state index contributed by atoms with van der Waals surface area (Å²) in [5.74, 6) is 0.0731. The van der Waals surface area contributed by atoms with Gasteiger partial charge >= 0.3 is 0 Å². The summed E-state index contributed by atoms with van der Waals surface area (Å²) in [5, 5.41) is 7.21. The number of carbonyl (C=O) groups excluding carboxylic acids is 1. The van der Waals surface area contributed by atoms with Crippen molar-refractivity contribution in [2.45, 2.75) is 25.8 Å². The van der Waals surface area contributed by atoms with E-state index in [9.17, 15) is 4.79 Å². The van der Waals surface area contributed by atoms with Crippen molar-refractivity contribution in [3.8, 4) is 0 Å². The SMILES string of the molecule is CC(C)c1[nH]nc(C(=O)N(C)C(c2ccccc2)c2ccccn2)c1Br. The molecule has 0 aliphatic rings. The van der Waals surface area contributed by atoms with Gasteiger partial charge in [0.1, 0.15) is 0 Å². The molecule has 6 heteroatoms. The number of nitrogens with zero attached hydrogens (tertiary/aromatic N) is 3. The lowest BCUT2D eigenvalue weighted by molar-refractivity contribution is 0.0745. The Bertz CT molecular complexity index is 838. The van der Waals surface area contributed by atoms with Gasteiger partial charge in [-0.3, -0.25) is 14.9 Å². The van der Waals surface area contributed by atoms with Gasteiger partial charge in [0.2, 0.25) is 0 Å². The van der Waals surface area contributed by atoms with E-state index < -0.39 is 0 Å². The van der Waals surface area contributed by atoms with Crippen molar-refractivity contribution in [3.63, 3.8) is 0 Å². The highest BCUT2D eigenvalue weighted by atomic mass is 79.9. The lowest BCUT2D eigenvalue weighted by atomic mass is 10.0. The number of nitrogens with one attached hydrogen (secondary N) is 1. The third-order valence-electron chi connectivity index (χ3n) is 4.30. The Morgan fingerprint density at radius 1 is 1.12 bits per heavy atom. The minimum Gasteiger partial charge on any atom is -0.328 e. The molecule has 0 radical (unpaired) electrons. The third kappa shape index (κ3) is 3.55. The van der Waals surface area contributed by atoms with E-state index in [4.69, 9.17) is 0 Å². The maximum atomic E-state index is 13.2. The smallest absolute Gasteiger partial charge is 0.276 e. The van der Waals surface area contributed by atoms with Gasteiger partial charge in [0.25, 0.3) is 5.91 Å². The summed E-state index contributed by atoms with van der Waals surface area (Å²) in [4.78, 5) is 19.3. The van der Waals surface area contributed by atoms with E-state index in [-0.39, 0.29) is 17.9 Å². The van der Waals surface area contributed by atoms with Crippen LogP contribution in [0.2, 0.25) is 0 Å². The number of rotatable bonds is 5. The van der Waals surface area contributed by atoms with Crippen LogP contribution in [-0.4, -0.2) is 33.0 Å². The number of halogens is 1. The van der Waals surface area contributed by atoms with Crippen LogP contribution in [-0.2, 0) is 0 Å². The van der Waals surface area contributed by atoms with Crippen LogP contribution in [0.3, 0.4) is 0 Å². The topological polar surface area (TPSA) is 61.9 Å². The van der Waals surface area contributed by atoms with Gasteiger partial charge < -0.3 is 4.90 Å². The second kappa shape index (κ2) is 7.83. The number of benzene rings is 1. The maximum Gasteiger partial charge on any atom is 0.276 e. The number of aromatic amines is 1. The summed E-state index contributed by atoms with van der Waals surface area (Å²) >= 11 is 3.53. The maximum absolute atomic E-state index is 13.2. The molecule has 0 spiro atoms. The van der Waals surface area contributed by atoms with Gasteiger partial charge in [0.05, 0.1) is 21.9 Å². The normalized spacial score (nSPS) is 12.2. The Hall–Kier alpha value is -2.47. The molecule has 2 aromatic heterocycles. The van der Waals surface area contributed by atoms with Crippen LogP contribution >= 0.6 is 15.9 Å². The van der Waals surface area contributed by atoms with Crippen molar-refractivity contribution in [2.75, 3.05) is 7.05 Å². The van der Waals surface area contributed by atoms with Crippen LogP contribution in [0.1, 0.15) is 53.2 Å². The van der Waals surface area contributed by atoms with Gasteiger partial charge in [0.15, 0.2) is 5.69 Å². The summed E-state index contributed by atoms with van der Waals surface area (Å²) < 4.78 is 0.720. The third-order valence-corrected chi connectivity index (χ3v) is 5.11. The molecule has 1 aromatic carbocycles. The fraction of sp³-hybridized carbons (Fsp3) is 0.250. The molecule has 5 nitrogen and oxygen atoms in total. The molecule has 1 unspecified atom stereocenters. The van der Waals surface area contributed by atoms with Gasteiger partial charge in [0, 0.05) is 13.2 Å². The van der Waals surface area contributed by atoms with E-state index in [1.165, 1.54) is 0 Å². The number of carbonyl (C=O) groups is 1. The lowest BCUT2D eigenvalue weighted by Crippen LogP contribution is -2.33. The van der Waals surface area contributed by atoms with E-state index in [2.05, 4.69) is 45.0 Å². The van der Waals surface area contributed by atoms with Crippen LogP contribution in [0.15, 0.2) is 59.2 Å². The van der Waals surface area contributed by atoms with Crippen molar-refractivity contribution in [3.05, 3.63) is 81.8 Å². The van der Waals surface area contributed by atoms with Gasteiger partial charge in [-0.2, -0.15) is 5.10 Å². The largest absolute Gasteiger partial charge is 0.328 e. The van der Waals surface area contributed by atoms with Gasteiger partial charge in [-0.05, 0) is 39.5 Å². The Labute approximate surface area is 161 Å². The van der Waals surface area contributed by atoms with Crippen LogP contribution in [0.4, 0.5) is 0 Å². The molecule has 26 heavy (non-hydrogen) atoms. The fourth-order valence-corrected chi connectivity index (χ4v) is 3.72. The zero-order valence-electron chi connectivity index (χ0n) is 15.0. The number of pyridine rings is 1. The van der Waals surface area contributed by atoms with Gasteiger partial charge in [-0.25, -0.2) is 0 Å². The standard InChI is InChI=1S/C20H21BrN4O/c1-13(2)17-16(21)18(24-23-17)20(26)25(3)19(14-9-5-4-6-10-14)15-11-7-8-12-22-15/h4-13,19H,1-3H3,(H,23,24). The minimum atomic E-state index is -0.295. The first-order valence-corrected chi connectivity index (χ1v) is 9.26. The molecule has 1 atom stereocenters. The molecule has 0 saturated carbocycles. The zero-order chi connectivity index (χ0) is 18.7. The van der Waals surface area contributed by atoms with E-state index in [0.29, 0.717) is 5.69 Å². The summed E-state index contributed by atoms with van der Waals surface area (Å²) in [6, 6.07) is 15.3. The van der Waals surface area contributed by atoms with Crippen molar-refractivity contribution in [2.24, 2.45) is 0 Å². The fourth-order valence-electron chi connectivity index (χ4n) is 2.92. The first-order valence-electron chi connectivity index (χ1n) is 8.47. The average Bonchev–Trinajstić information content (AvgIpc) is 3.04. The monoisotopic (exact) mass is 412 g/mol. The molecule has 0 fully saturated rings. The molecular weight excluding hydrogens is 392 g/mol. The van der Waals surface area contributed by atoms with E-state index in [1.807, 2.05) is 48.5 Å². The Kier molecular flexibility index (Phi) is 5.52. The van der Waals surface area contributed by atoms with E-state index in [1.54, 1.807) is 18.1 Å². The molecule has 134 valence electrons. The van der Waals surface area contributed by atoms with Crippen LogP contribution in [0.5, 0.6) is 0 Å². The summed E-state index contributed by atoms with van der Waals surface area (Å²) in [6.45, 7) is 4.10. The lowest BCUT2D eigenvalue weighted by Gasteiger charge is -2.28. The predicted octanol–water partition coefficient (Wildman–Crippen LogP) is 4.55. The summed E-state index contributed by atoms with van der Waals surface area (Å²) in [6.07, 6.45) is 1.74. The number of hydrogen-bond donors (Lipinski definition) is 1. The van der Waals surface area contributed by atoms with Crippen molar-refractivity contribution < 1.29 is 4.79 Å². The van der Waals surface area contributed by atoms with Crippen LogP contribution < -0.4 is 0 Å². The van der Waals surface area contributed by atoms with E-state index in [0.717, 1.165) is 21.4 Å². The second-order valence-electron chi connectivity index (χ2n) is 6.44. The van der Waals surface area contributed by atoms with Crippen LogP contribution in [0.25, 0.3) is 0 Å². The zero-order valence-corrected chi connectivity index (χ0v) is 16.6. The molecule has 1 N–H and O–H groups in total. The highest BCUT2D eigenvalue weighted by molar-refractivity contribution is 9.10. The molecule has 0 aliphatic heterocycles. The minimum absolute atomic E-state index is 0.167. The number of H-pyrrole nitrogens is 1. The Morgan fingerprint density at radius 3 is 2.38 bits per heavy atom. The quantitative estimate of drug-likeness (QED) is 0.668. The number of hydrogen-bond acceptors (Lipinski definition) is 3. The molecule has 3 aromatic rings. The molecule has 0 aliphatic carbocycles. The Morgan fingerprint density at radius 2 is 1.81 bits per heavy atom. The van der Waals surface area contributed by atoms with Gasteiger partial charge in [-0.1, -0.05) is 50.2 Å². The number of aromatic nitrogens is 3. The highest BCUT2D eigenvalue weighted by Crippen LogP contribution is 2.30. The van der Waals surface area contributed by atoms with Gasteiger partial charge in [-0.15, -0.1) is 0 Å². The second-order valence-corrected chi connectivity index (χ2v) is 7.23. The number of amides is 1. The van der Waals surface area contributed by atoms with Crippen molar-refractivity contribution >= 4 is 21.8 Å². The summed E-state index contributed by atoms with van der Waals surface area (Å²) in [5.41, 5.74) is 3.10. The average molecular weight is 413 g/mol. The van der Waals surface area contributed by atoms with Crippen LogP contribution in [0, 0.1) is 0 Å². The first-order chi connectivity index (χ1) is 12.5. The van der Waals surface area contributed by atoms with Crippen molar-refractivity contribution in [1.29, 1.82) is 0 Å². The predicted molar refractivity (Wildman–Crippen MR) is 105 cm³/mol.